The Morgan fingerprint density at radius 1 is 1.53 bits per heavy atom. The van der Waals surface area contributed by atoms with Gasteiger partial charge in [0, 0.05) is 24.9 Å². The van der Waals surface area contributed by atoms with Crippen molar-refractivity contribution in [3.63, 3.8) is 0 Å². The van der Waals surface area contributed by atoms with E-state index in [1.807, 2.05) is 43.0 Å². The molecule has 0 bridgehead atoms. The van der Waals surface area contributed by atoms with Crippen LogP contribution in [0.4, 0.5) is 5.69 Å². The van der Waals surface area contributed by atoms with Gasteiger partial charge in [0.15, 0.2) is 0 Å². The maximum absolute atomic E-state index is 12.5. The number of rotatable bonds is 4. The summed E-state index contributed by atoms with van der Waals surface area (Å²) in [7, 11) is 0. The lowest BCUT2D eigenvalue weighted by molar-refractivity contribution is -0.137. The molecule has 4 nitrogen and oxygen atoms in total. The molecule has 2 N–H and O–H groups in total. The summed E-state index contributed by atoms with van der Waals surface area (Å²) in [5, 5.41) is 0. The zero-order valence-electron chi connectivity index (χ0n) is 11.6. The minimum absolute atomic E-state index is 0.0171. The van der Waals surface area contributed by atoms with Crippen molar-refractivity contribution in [2.24, 2.45) is 5.92 Å². The van der Waals surface area contributed by atoms with Gasteiger partial charge in [0.05, 0.1) is 12.5 Å². The highest BCUT2D eigenvalue weighted by molar-refractivity contribution is 5.79. The molecule has 1 aromatic carbocycles. The predicted octanol–water partition coefficient (Wildman–Crippen LogP) is 2.04. The number of benzene rings is 1. The van der Waals surface area contributed by atoms with Crippen LogP contribution < -0.4 is 5.73 Å². The molecule has 1 amide bonds. The Labute approximate surface area is 114 Å². The van der Waals surface area contributed by atoms with Crippen molar-refractivity contribution in [3.8, 4) is 0 Å². The van der Waals surface area contributed by atoms with Gasteiger partial charge in [0.2, 0.25) is 5.91 Å². The van der Waals surface area contributed by atoms with Crippen LogP contribution in [0.5, 0.6) is 0 Å². The third kappa shape index (κ3) is 3.47. The molecule has 0 spiro atoms. The third-order valence-electron chi connectivity index (χ3n) is 3.49. The van der Waals surface area contributed by atoms with Crippen LogP contribution in [0.15, 0.2) is 24.3 Å². The molecule has 1 saturated heterocycles. The first kappa shape index (κ1) is 13.9. The summed E-state index contributed by atoms with van der Waals surface area (Å²) in [5.41, 5.74) is 7.59. The van der Waals surface area contributed by atoms with E-state index in [0.29, 0.717) is 19.8 Å². The molecule has 0 radical (unpaired) electrons. The van der Waals surface area contributed by atoms with Crippen molar-refractivity contribution in [3.05, 3.63) is 29.8 Å². The second-order valence-corrected chi connectivity index (χ2v) is 5.37. The number of ether oxygens (including phenoxy) is 1. The van der Waals surface area contributed by atoms with Crippen molar-refractivity contribution in [2.75, 3.05) is 18.9 Å². The molecular weight excluding hydrogens is 240 g/mol. The fraction of sp³-hybridized carbons (Fsp3) is 0.533. The Morgan fingerprint density at radius 3 is 2.89 bits per heavy atom. The standard InChI is InChI=1S/C15H22N2O2/c1-11(2)17(15(18)13-6-7-19-10-13)9-12-4-3-5-14(16)8-12/h3-5,8,11,13H,6-7,9-10,16H2,1-2H3. The van der Waals surface area contributed by atoms with Crippen LogP contribution in [-0.2, 0) is 16.1 Å². The van der Waals surface area contributed by atoms with Crippen LogP contribution in [0.2, 0.25) is 0 Å². The highest BCUT2D eigenvalue weighted by Gasteiger charge is 2.29. The van der Waals surface area contributed by atoms with E-state index in [1.54, 1.807) is 0 Å². The smallest absolute Gasteiger partial charge is 0.228 e. The number of anilines is 1. The van der Waals surface area contributed by atoms with Crippen LogP contribution >= 0.6 is 0 Å². The summed E-state index contributed by atoms with van der Waals surface area (Å²) in [5.74, 6) is 0.207. The fourth-order valence-electron chi connectivity index (χ4n) is 2.37. The highest BCUT2D eigenvalue weighted by atomic mass is 16.5. The zero-order valence-corrected chi connectivity index (χ0v) is 11.6. The van der Waals surface area contributed by atoms with E-state index >= 15 is 0 Å². The summed E-state index contributed by atoms with van der Waals surface area (Å²) in [4.78, 5) is 14.4. The van der Waals surface area contributed by atoms with Crippen molar-refractivity contribution in [1.29, 1.82) is 0 Å². The van der Waals surface area contributed by atoms with Gasteiger partial charge in [0.1, 0.15) is 0 Å². The quantitative estimate of drug-likeness (QED) is 0.845. The first-order valence-electron chi connectivity index (χ1n) is 6.80. The summed E-state index contributed by atoms with van der Waals surface area (Å²) in [6.07, 6.45) is 0.832. The lowest BCUT2D eigenvalue weighted by atomic mass is 10.1. The number of carbonyl (C=O) groups excluding carboxylic acids is 1. The molecular formula is C15H22N2O2. The van der Waals surface area contributed by atoms with Crippen LogP contribution in [0.1, 0.15) is 25.8 Å². The van der Waals surface area contributed by atoms with Gasteiger partial charge in [0.25, 0.3) is 0 Å². The van der Waals surface area contributed by atoms with E-state index in [4.69, 9.17) is 10.5 Å². The molecule has 1 aliphatic rings. The molecule has 1 aromatic rings. The first-order chi connectivity index (χ1) is 9.08. The van der Waals surface area contributed by atoms with E-state index in [2.05, 4.69) is 0 Å². The monoisotopic (exact) mass is 262 g/mol. The number of carbonyl (C=O) groups is 1. The van der Waals surface area contributed by atoms with Gasteiger partial charge in [-0.2, -0.15) is 0 Å². The van der Waals surface area contributed by atoms with Gasteiger partial charge in [-0.3, -0.25) is 4.79 Å². The van der Waals surface area contributed by atoms with Gasteiger partial charge in [-0.1, -0.05) is 12.1 Å². The summed E-state index contributed by atoms with van der Waals surface area (Å²) in [6.45, 7) is 5.94. The van der Waals surface area contributed by atoms with Gasteiger partial charge >= 0.3 is 0 Å². The molecule has 4 heteroatoms. The number of nitrogens with zero attached hydrogens (tertiary/aromatic N) is 1. The van der Waals surface area contributed by atoms with Crippen molar-refractivity contribution in [1.82, 2.24) is 4.90 Å². The maximum Gasteiger partial charge on any atom is 0.228 e. The number of nitrogens with two attached hydrogens (primary N) is 1. The molecule has 1 aliphatic heterocycles. The Bertz CT molecular complexity index is 440. The molecule has 1 heterocycles. The van der Waals surface area contributed by atoms with Gasteiger partial charge in [-0.05, 0) is 38.0 Å². The van der Waals surface area contributed by atoms with Gasteiger partial charge in [-0.25, -0.2) is 0 Å². The Kier molecular flexibility index (Phi) is 4.43. The van der Waals surface area contributed by atoms with E-state index in [9.17, 15) is 4.79 Å². The molecule has 0 saturated carbocycles. The Hall–Kier alpha value is -1.55. The van der Waals surface area contributed by atoms with Crippen molar-refractivity contribution >= 4 is 11.6 Å². The predicted molar refractivity (Wildman–Crippen MR) is 75.5 cm³/mol. The summed E-state index contributed by atoms with van der Waals surface area (Å²) >= 11 is 0. The molecule has 19 heavy (non-hydrogen) atoms. The van der Waals surface area contributed by atoms with Crippen LogP contribution in [0.25, 0.3) is 0 Å². The average Bonchev–Trinajstić information content (AvgIpc) is 2.88. The molecule has 2 rings (SSSR count). The number of amides is 1. The fourth-order valence-corrected chi connectivity index (χ4v) is 2.37. The molecule has 104 valence electrons. The lowest BCUT2D eigenvalue weighted by Crippen LogP contribution is -2.40. The van der Waals surface area contributed by atoms with Gasteiger partial charge in [-0.15, -0.1) is 0 Å². The third-order valence-corrected chi connectivity index (χ3v) is 3.49. The number of nitrogen functional groups attached to an aromatic ring is 1. The molecule has 1 atom stereocenters. The number of hydrogen-bond acceptors (Lipinski definition) is 3. The van der Waals surface area contributed by atoms with E-state index in [0.717, 1.165) is 17.7 Å². The minimum atomic E-state index is 0.0171. The summed E-state index contributed by atoms with van der Waals surface area (Å²) < 4.78 is 5.31. The average molecular weight is 262 g/mol. The highest BCUT2D eigenvalue weighted by Crippen LogP contribution is 2.19. The topological polar surface area (TPSA) is 55.6 Å². The molecule has 1 unspecified atom stereocenters. The van der Waals surface area contributed by atoms with Crippen LogP contribution in [0.3, 0.4) is 0 Å². The molecule has 1 fully saturated rings. The number of hydrogen-bond donors (Lipinski definition) is 1. The normalized spacial score (nSPS) is 18.8. The van der Waals surface area contributed by atoms with E-state index < -0.39 is 0 Å². The molecule has 0 aromatic heterocycles. The second-order valence-electron chi connectivity index (χ2n) is 5.37. The van der Waals surface area contributed by atoms with Gasteiger partial charge < -0.3 is 15.4 Å². The Balaban J connectivity index is 2.09. The Morgan fingerprint density at radius 2 is 2.32 bits per heavy atom. The zero-order chi connectivity index (χ0) is 13.8. The van der Waals surface area contributed by atoms with Crippen molar-refractivity contribution < 1.29 is 9.53 Å². The maximum atomic E-state index is 12.5. The van der Waals surface area contributed by atoms with E-state index in [1.165, 1.54) is 0 Å². The SMILES string of the molecule is CC(C)N(Cc1cccc(N)c1)C(=O)C1CCOC1. The minimum Gasteiger partial charge on any atom is -0.399 e. The lowest BCUT2D eigenvalue weighted by Gasteiger charge is -2.29. The second kappa shape index (κ2) is 6.06. The molecule has 0 aliphatic carbocycles. The van der Waals surface area contributed by atoms with Crippen LogP contribution in [0, 0.1) is 5.92 Å². The largest absolute Gasteiger partial charge is 0.399 e. The van der Waals surface area contributed by atoms with Crippen molar-refractivity contribution in [2.45, 2.75) is 32.9 Å². The van der Waals surface area contributed by atoms with E-state index in [-0.39, 0.29) is 17.9 Å². The first-order valence-corrected chi connectivity index (χ1v) is 6.80. The summed E-state index contributed by atoms with van der Waals surface area (Å²) in [6, 6.07) is 7.88. The van der Waals surface area contributed by atoms with Crippen LogP contribution in [-0.4, -0.2) is 30.1 Å².